The zero-order valence-electron chi connectivity index (χ0n) is 13.3. The number of benzene rings is 1. The highest BCUT2D eigenvalue weighted by molar-refractivity contribution is 6.32. The summed E-state index contributed by atoms with van der Waals surface area (Å²) in [6.07, 6.45) is 2.16. The van der Waals surface area contributed by atoms with Crippen molar-refractivity contribution in [3.63, 3.8) is 0 Å². The van der Waals surface area contributed by atoms with E-state index in [9.17, 15) is 14.7 Å². The fourth-order valence-corrected chi connectivity index (χ4v) is 2.91. The average Bonchev–Trinajstić information content (AvgIpc) is 3.10. The van der Waals surface area contributed by atoms with Gasteiger partial charge >= 0.3 is 5.97 Å². The van der Waals surface area contributed by atoms with Crippen LogP contribution in [0.1, 0.15) is 23.3 Å². The van der Waals surface area contributed by atoms with Gasteiger partial charge in [0.15, 0.2) is 5.69 Å². The normalized spacial score (nSPS) is 16.4. The number of halogens is 1. The molecule has 3 rings (SSSR count). The van der Waals surface area contributed by atoms with Crippen molar-refractivity contribution in [2.24, 2.45) is 5.41 Å². The topological polar surface area (TPSA) is 106 Å². The third kappa shape index (κ3) is 3.64. The highest BCUT2D eigenvalue weighted by atomic mass is 35.5. The minimum Gasteiger partial charge on any atom is -0.481 e. The lowest BCUT2D eigenvalue weighted by atomic mass is 9.80. The summed E-state index contributed by atoms with van der Waals surface area (Å²) in [6, 6.07) is 7.04. The van der Waals surface area contributed by atoms with Crippen LogP contribution in [0.5, 0.6) is 0 Å². The number of carboxylic acids is 1. The zero-order valence-corrected chi connectivity index (χ0v) is 14.1. The molecule has 1 fully saturated rings. The van der Waals surface area contributed by atoms with Crippen LogP contribution in [0.2, 0.25) is 5.02 Å². The molecule has 1 aromatic heterocycles. The maximum atomic E-state index is 12.3. The minimum atomic E-state index is -1.01. The van der Waals surface area contributed by atoms with Gasteiger partial charge in [0, 0.05) is 19.8 Å². The van der Waals surface area contributed by atoms with E-state index in [0.717, 1.165) is 0 Å². The second-order valence-corrected chi connectivity index (χ2v) is 6.29. The number of aromatic nitrogens is 3. The molecule has 0 spiro atoms. The Balaban J connectivity index is 1.70. The minimum absolute atomic E-state index is 0.0173. The van der Waals surface area contributed by atoms with Gasteiger partial charge in [-0.2, -0.15) is 0 Å². The lowest BCUT2D eigenvalue weighted by Crippen LogP contribution is -2.46. The highest BCUT2D eigenvalue weighted by Crippen LogP contribution is 2.30. The summed E-state index contributed by atoms with van der Waals surface area (Å²) in [5.41, 5.74) is -0.318. The molecule has 0 radical (unpaired) electrons. The summed E-state index contributed by atoms with van der Waals surface area (Å²) in [7, 11) is 0. The Hall–Kier alpha value is -2.45. The number of carboxylic acid groups (broad SMARTS) is 1. The van der Waals surface area contributed by atoms with Crippen molar-refractivity contribution in [2.45, 2.75) is 12.8 Å². The molecule has 8 nitrogen and oxygen atoms in total. The standard InChI is InChI=1S/C16H17ClN4O4/c17-11-3-1-2-4-13(11)21-9-12(19-20-21)14(22)18-10-16(15(23)24)5-7-25-8-6-16/h1-4,9H,5-8,10H2,(H,18,22)(H,23,24). The Morgan fingerprint density at radius 1 is 1.32 bits per heavy atom. The molecule has 25 heavy (non-hydrogen) atoms. The van der Waals surface area contributed by atoms with Gasteiger partial charge in [-0.3, -0.25) is 9.59 Å². The second-order valence-electron chi connectivity index (χ2n) is 5.88. The van der Waals surface area contributed by atoms with E-state index < -0.39 is 17.3 Å². The fourth-order valence-electron chi connectivity index (χ4n) is 2.69. The van der Waals surface area contributed by atoms with Gasteiger partial charge in [0.2, 0.25) is 0 Å². The molecule has 132 valence electrons. The molecule has 1 amide bonds. The van der Waals surface area contributed by atoms with Gasteiger partial charge in [0.1, 0.15) is 0 Å². The van der Waals surface area contributed by atoms with Crippen molar-refractivity contribution >= 4 is 23.5 Å². The van der Waals surface area contributed by atoms with Crippen molar-refractivity contribution in [3.8, 4) is 5.69 Å². The van der Waals surface area contributed by atoms with Gasteiger partial charge in [-0.1, -0.05) is 28.9 Å². The molecule has 0 saturated carbocycles. The quantitative estimate of drug-likeness (QED) is 0.833. The Bertz CT molecular complexity index is 786. The molecule has 0 unspecified atom stereocenters. The van der Waals surface area contributed by atoms with Gasteiger partial charge in [-0.25, -0.2) is 4.68 Å². The van der Waals surface area contributed by atoms with Gasteiger partial charge in [-0.05, 0) is 25.0 Å². The lowest BCUT2D eigenvalue weighted by Gasteiger charge is -2.32. The van der Waals surface area contributed by atoms with Crippen LogP contribution in [0, 0.1) is 5.41 Å². The number of nitrogens with one attached hydrogen (secondary N) is 1. The van der Waals surface area contributed by atoms with Crippen molar-refractivity contribution < 1.29 is 19.4 Å². The molecule has 1 saturated heterocycles. The van der Waals surface area contributed by atoms with Crippen LogP contribution in [0.4, 0.5) is 0 Å². The summed E-state index contributed by atoms with van der Waals surface area (Å²) >= 11 is 6.10. The van der Waals surface area contributed by atoms with Crippen molar-refractivity contribution in [1.82, 2.24) is 20.3 Å². The average molecular weight is 365 g/mol. The SMILES string of the molecule is O=C(NCC1(C(=O)O)CCOCC1)c1cn(-c2ccccc2Cl)nn1. The smallest absolute Gasteiger partial charge is 0.311 e. The summed E-state index contributed by atoms with van der Waals surface area (Å²) in [5, 5.41) is 20.4. The third-order valence-electron chi connectivity index (χ3n) is 4.32. The van der Waals surface area contributed by atoms with E-state index in [2.05, 4.69) is 15.6 Å². The number of carbonyl (C=O) groups is 2. The Kier molecular flexibility index (Phi) is 5.00. The van der Waals surface area contributed by atoms with E-state index in [0.29, 0.717) is 36.8 Å². The molecule has 0 atom stereocenters. The van der Waals surface area contributed by atoms with Crippen LogP contribution in [0.15, 0.2) is 30.5 Å². The predicted molar refractivity (Wildman–Crippen MR) is 88.8 cm³/mol. The number of hydrogen-bond acceptors (Lipinski definition) is 5. The van der Waals surface area contributed by atoms with Crippen LogP contribution >= 0.6 is 11.6 Å². The number of carbonyl (C=O) groups excluding carboxylic acids is 1. The Morgan fingerprint density at radius 3 is 2.72 bits per heavy atom. The number of rotatable bonds is 5. The molecule has 0 bridgehead atoms. The maximum Gasteiger partial charge on any atom is 0.311 e. The number of ether oxygens (including phenoxy) is 1. The highest BCUT2D eigenvalue weighted by Gasteiger charge is 2.40. The molecule has 1 aliphatic rings. The zero-order chi connectivity index (χ0) is 17.9. The maximum absolute atomic E-state index is 12.3. The number of hydrogen-bond donors (Lipinski definition) is 2. The first kappa shape index (κ1) is 17.4. The predicted octanol–water partition coefficient (Wildman–Crippen LogP) is 1.53. The molecule has 0 aliphatic carbocycles. The van der Waals surface area contributed by atoms with E-state index in [1.807, 2.05) is 0 Å². The van der Waals surface area contributed by atoms with Crippen LogP contribution < -0.4 is 5.32 Å². The molecule has 1 aromatic carbocycles. The number of aliphatic carboxylic acids is 1. The van der Waals surface area contributed by atoms with Gasteiger partial charge in [-0.15, -0.1) is 5.10 Å². The summed E-state index contributed by atoms with van der Waals surface area (Å²) in [4.78, 5) is 23.9. The molecule has 1 aliphatic heterocycles. The number of para-hydroxylation sites is 1. The summed E-state index contributed by atoms with van der Waals surface area (Å²) < 4.78 is 6.62. The second kappa shape index (κ2) is 7.20. The Labute approximate surface area is 148 Å². The molecule has 2 heterocycles. The van der Waals surface area contributed by atoms with E-state index in [1.54, 1.807) is 24.3 Å². The van der Waals surface area contributed by atoms with Crippen LogP contribution in [-0.2, 0) is 9.53 Å². The molecule has 2 aromatic rings. The number of amides is 1. The van der Waals surface area contributed by atoms with Gasteiger partial charge in [0.25, 0.3) is 5.91 Å². The van der Waals surface area contributed by atoms with Crippen LogP contribution in [0.3, 0.4) is 0 Å². The summed E-state index contributed by atoms with van der Waals surface area (Å²) in [5.74, 6) is -1.42. The molecule has 2 N–H and O–H groups in total. The van der Waals surface area contributed by atoms with E-state index in [-0.39, 0.29) is 12.2 Å². The van der Waals surface area contributed by atoms with Crippen molar-refractivity contribution in [3.05, 3.63) is 41.2 Å². The first-order chi connectivity index (χ1) is 12.0. The summed E-state index contributed by atoms with van der Waals surface area (Å²) in [6.45, 7) is 0.749. The van der Waals surface area contributed by atoms with E-state index >= 15 is 0 Å². The number of nitrogens with zero attached hydrogens (tertiary/aromatic N) is 3. The largest absolute Gasteiger partial charge is 0.481 e. The lowest BCUT2D eigenvalue weighted by molar-refractivity contribution is -0.154. The fraction of sp³-hybridized carbons (Fsp3) is 0.375. The monoisotopic (exact) mass is 364 g/mol. The molecular formula is C16H17ClN4O4. The molecular weight excluding hydrogens is 348 g/mol. The molecule has 9 heteroatoms. The van der Waals surface area contributed by atoms with Crippen molar-refractivity contribution in [1.29, 1.82) is 0 Å². The van der Waals surface area contributed by atoms with Crippen LogP contribution in [0.25, 0.3) is 5.69 Å². The van der Waals surface area contributed by atoms with Crippen LogP contribution in [-0.4, -0.2) is 51.7 Å². The van der Waals surface area contributed by atoms with E-state index in [1.165, 1.54) is 10.9 Å². The van der Waals surface area contributed by atoms with Gasteiger partial charge in [0.05, 0.1) is 22.3 Å². The first-order valence-corrected chi connectivity index (χ1v) is 8.16. The van der Waals surface area contributed by atoms with Gasteiger partial charge < -0.3 is 15.2 Å². The van der Waals surface area contributed by atoms with Crippen molar-refractivity contribution in [2.75, 3.05) is 19.8 Å². The van der Waals surface area contributed by atoms with E-state index in [4.69, 9.17) is 16.3 Å². The first-order valence-electron chi connectivity index (χ1n) is 7.78. The third-order valence-corrected chi connectivity index (χ3v) is 4.64. The Morgan fingerprint density at radius 2 is 2.04 bits per heavy atom.